The van der Waals surface area contributed by atoms with Crippen molar-refractivity contribution in [1.29, 1.82) is 0 Å². The number of hydrogen-bond donors (Lipinski definition) is 2. The molecule has 0 unspecified atom stereocenters. The summed E-state index contributed by atoms with van der Waals surface area (Å²) in [4.78, 5) is 32.3. The molecule has 0 aliphatic carbocycles. The molecule has 0 spiro atoms. The minimum absolute atomic E-state index is 0.208. The van der Waals surface area contributed by atoms with E-state index < -0.39 is 12.1 Å². The fourth-order valence-electron chi connectivity index (χ4n) is 4.20. The Morgan fingerprint density at radius 1 is 1.15 bits per heavy atom. The van der Waals surface area contributed by atoms with Crippen LogP contribution in [0.4, 0.5) is 19.0 Å². The summed E-state index contributed by atoms with van der Waals surface area (Å²) in [5.74, 6) is -0.266. The van der Waals surface area contributed by atoms with E-state index in [1.165, 1.54) is 0 Å². The molecule has 0 bridgehead atoms. The van der Waals surface area contributed by atoms with Gasteiger partial charge in [-0.15, -0.1) is 0 Å². The predicted molar refractivity (Wildman–Crippen MR) is 139 cm³/mol. The van der Waals surface area contributed by atoms with Gasteiger partial charge in [0.2, 0.25) is 5.91 Å². The van der Waals surface area contributed by atoms with Crippen LogP contribution in [0, 0.1) is 0 Å². The second-order valence-electron chi connectivity index (χ2n) is 9.17. The van der Waals surface area contributed by atoms with Crippen molar-refractivity contribution in [3.8, 4) is 5.75 Å². The lowest BCUT2D eigenvalue weighted by molar-refractivity contribution is -0.192. The molecule has 2 aromatic heterocycles. The molecule has 13 heteroatoms. The van der Waals surface area contributed by atoms with E-state index in [2.05, 4.69) is 16.5 Å². The number of nitrogens with two attached hydrogens (primary N) is 1. The summed E-state index contributed by atoms with van der Waals surface area (Å²) in [5.41, 5.74) is 8.80. The number of aromatic nitrogens is 3. The van der Waals surface area contributed by atoms with Crippen molar-refractivity contribution in [2.75, 3.05) is 38.6 Å². The fraction of sp³-hybridized carbons (Fsp3) is 0.538. The molecule has 1 saturated heterocycles. The van der Waals surface area contributed by atoms with E-state index in [1.54, 1.807) is 0 Å². The van der Waals surface area contributed by atoms with Crippen LogP contribution in [-0.2, 0) is 27.8 Å². The van der Waals surface area contributed by atoms with Crippen molar-refractivity contribution in [2.45, 2.75) is 51.6 Å². The van der Waals surface area contributed by atoms with Crippen LogP contribution < -0.4 is 10.5 Å². The number of halogens is 3. The first-order valence-electron chi connectivity index (χ1n) is 12.9. The average Bonchev–Trinajstić information content (AvgIpc) is 3.24. The van der Waals surface area contributed by atoms with Gasteiger partial charge in [-0.2, -0.15) is 13.2 Å². The molecule has 1 amide bonds. The number of rotatable bonds is 9. The van der Waals surface area contributed by atoms with Gasteiger partial charge >= 0.3 is 12.1 Å². The normalized spacial score (nSPS) is 13.8. The zero-order valence-electron chi connectivity index (χ0n) is 22.1. The van der Waals surface area contributed by atoms with Gasteiger partial charge in [-0.05, 0) is 37.5 Å². The van der Waals surface area contributed by atoms with E-state index >= 15 is 0 Å². The van der Waals surface area contributed by atoms with Crippen LogP contribution in [0.15, 0.2) is 18.2 Å². The number of pyridine rings is 1. The number of aliphatic carboxylic acids is 1. The number of nitrogens with zero attached hydrogens (tertiary/aromatic N) is 4. The first-order chi connectivity index (χ1) is 18.5. The molecule has 3 aromatic rings. The van der Waals surface area contributed by atoms with Gasteiger partial charge in [0.15, 0.2) is 5.82 Å². The summed E-state index contributed by atoms with van der Waals surface area (Å²) in [6.07, 6.45) is 0.242. The van der Waals surface area contributed by atoms with E-state index in [-0.39, 0.29) is 5.91 Å². The van der Waals surface area contributed by atoms with Gasteiger partial charge in [0.1, 0.15) is 17.1 Å². The number of ether oxygens (including phenoxy) is 2. The Labute approximate surface area is 223 Å². The predicted octanol–water partition coefficient (Wildman–Crippen LogP) is 4.09. The van der Waals surface area contributed by atoms with Crippen molar-refractivity contribution in [2.24, 2.45) is 7.05 Å². The summed E-state index contributed by atoms with van der Waals surface area (Å²) in [5, 5.41) is 8.12. The Kier molecular flexibility index (Phi) is 10.3. The van der Waals surface area contributed by atoms with E-state index in [1.807, 2.05) is 30.1 Å². The van der Waals surface area contributed by atoms with Crippen LogP contribution in [0.2, 0.25) is 0 Å². The number of nitrogen functional groups attached to an aromatic ring is 1. The standard InChI is InChI=1S/C24H33N5O3.C2HF3O2/c1-3-4-7-20-27-22-23(28(20)2)18-16-17(9-10-19(18)26-24(22)25)32-13-6-5-8-21(30)29-11-14-31-15-12-29;3-2(4,5)1(6)7/h9-10,16H,3-8,11-15H2,1-2H3,(H2,25,26);(H,6,7). The molecule has 0 saturated carbocycles. The summed E-state index contributed by atoms with van der Waals surface area (Å²) in [6.45, 7) is 5.43. The number of carboxylic acids is 1. The van der Waals surface area contributed by atoms with Gasteiger partial charge in [-0.1, -0.05) is 13.3 Å². The topological polar surface area (TPSA) is 133 Å². The number of carbonyl (C=O) groups excluding carboxylic acids is 1. The Morgan fingerprint density at radius 3 is 2.49 bits per heavy atom. The Bertz CT molecular complexity index is 1290. The molecule has 4 rings (SSSR count). The maximum absolute atomic E-state index is 12.2. The van der Waals surface area contributed by atoms with E-state index in [0.29, 0.717) is 45.1 Å². The zero-order chi connectivity index (χ0) is 28.6. The smallest absolute Gasteiger partial charge is 0.490 e. The van der Waals surface area contributed by atoms with E-state index in [9.17, 15) is 18.0 Å². The fourth-order valence-corrected chi connectivity index (χ4v) is 4.20. The maximum Gasteiger partial charge on any atom is 0.490 e. The molecule has 0 radical (unpaired) electrons. The number of amides is 1. The molecule has 10 nitrogen and oxygen atoms in total. The third-order valence-electron chi connectivity index (χ3n) is 6.31. The highest BCUT2D eigenvalue weighted by Gasteiger charge is 2.38. The second-order valence-corrected chi connectivity index (χ2v) is 9.17. The molecule has 1 aliphatic rings. The number of fused-ring (bicyclic) bond motifs is 3. The molecule has 3 N–H and O–H groups in total. The van der Waals surface area contributed by atoms with Gasteiger partial charge in [0.05, 0.1) is 30.9 Å². The number of unbranched alkanes of at least 4 members (excludes halogenated alkanes) is 2. The van der Waals surface area contributed by atoms with Crippen LogP contribution >= 0.6 is 0 Å². The van der Waals surface area contributed by atoms with Crippen molar-refractivity contribution in [3.63, 3.8) is 0 Å². The number of benzene rings is 1. The highest BCUT2D eigenvalue weighted by Crippen LogP contribution is 2.31. The van der Waals surface area contributed by atoms with Crippen LogP contribution in [-0.4, -0.2) is 75.5 Å². The summed E-state index contributed by atoms with van der Waals surface area (Å²) >= 11 is 0. The molecule has 1 aliphatic heterocycles. The summed E-state index contributed by atoms with van der Waals surface area (Å²) in [7, 11) is 2.04. The number of anilines is 1. The third-order valence-corrected chi connectivity index (χ3v) is 6.31. The number of hydrogen-bond acceptors (Lipinski definition) is 7. The lowest BCUT2D eigenvalue weighted by Gasteiger charge is -2.26. The number of carbonyl (C=O) groups is 2. The average molecular weight is 554 g/mol. The number of carboxylic acid groups (broad SMARTS) is 1. The summed E-state index contributed by atoms with van der Waals surface area (Å²) < 4.78 is 45.2. The molecule has 3 heterocycles. The SMILES string of the molecule is CCCCc1nc2c(N)nc3ccc(OCCCCC(=O)N4CCOCC4)cc3c2n1C.O=C(O)C(F)(F)F. The minimum atomic E-state index is -5.08. The van der Waals surface area contributed by atoms with Gasteiger partial charge in [0.25, 0.3) is 0 Å². The highest BCUT2D eigenvalue weighted by atomic mass is 19.4. The van der Waals surface area contributed by atoms with Crippen LogP contribution in [0.3, 0.4) is 0 Å². The minimum Gasteiger partial charge on any atom is -0.494 e. The molecule has 0 atom stereocenters. The van der Waals surface area contributed by atoms with Gasteiger partial charge in [0, 0.05) is 38.4 Å². The molecular weight excluding hydrogens is 519 g/mol. The molecule has 1 aromatic carbocycles. The quantitative estimate of drug-likeness (QED) is 0.379. The van der Waals surface area contributed by atoms with Crippen LogP contribution in [0.1, 0.15) is 44.9 Å². The number of alkyl halides is 3. The second kappa shape index (κ2) is 13.5. The highest BCUT2D eigenvalue weighted by molar-refractivity contribution is 6.07. The number of aryl methyl sites for hydroxylation is 2. The monoisotopic (exact) mass is 553 g/mol. The van der Waals surface area contributed by atoms with Gasteiger partial charge in [-0.3, -0.25) is 4.79 Å². The van der Waals surface area contributed by atoms with Gasteiger partial charge < -0.3 is 29.8 Å². The van der Waals surface area contributed by atoms with Crippen molar-refractivity contribution in [3.05, 3.63) is 24.0 Å². The van der Waals surface area contributed by atoms with Crippen molar-refractivity contribution >= 4 is 39.6 Å². The maximum atomic E-state index is 12.2. The molecule has 1 fully saturated rings. The zero-order valence-corrected chi connectivity index (χ0v) is 22.1. The lowest BCUT2D eigenvalue weighted by Crippen LogP contribution is -2.40. The Balaban J connectivity index is 0.000000532. The number of morpholine rings is 1. The van der Waals surface area contributed by atoms with Crippen LogP contribution in [0.25, 0.3) is 21.9 Å². The van der Waals surface area contributed by atoms with Crippen molar-refractivity contribution < 1.29 is 37.3 Å². The first-order valence-corrected chi connectivity index (χ1v) is 12.9. The molecular formula is C26H34F3N5O5. The van der Waals surface area contributed by atoms with Gasteiger partial charge in [-0.25, -0.2) is 14.8 Å². The number of imidazole rings is 1. The van der Waals surface area contributed by atoms with Crippen LogP contribution in [0.5, 0.6) is 5.75 Å². The largest absolute Gasteiger partial charge is 0.494 e. The Hall–Kier alpha value is -3.61. The van der Waals surface area contributed by atoms with E-state index in [0.717, 1.165) is 65.6 Å². The molecule has 214 valence electrons. The third kappa shape index (κ3) is 7.94. The molecule has 39 heavy (non-hydrogen) atoms. The first kappa shape index (κ1) is 29.9. The summed E-state index contributed by atoms with van der Waals surface area (Å²) in [6, 6.07) is 5.89. The van der Waals surface area contributed by atoms with E-state index in [4.69, 9.17) is 30.1 Å². The Morgan fingerprint density at radius 2 is 1.85 bits per heavy atom. The lowest BCUT2D eigenvalue weighted by atomic mass is 10.1. The van der Waals surface area contributed by atoms with Crippen molar-refractivity contribution in [1.82, 2.24) is 19.4 Å².